The van der Waals surface area contributed by atoms with Crippen LogP contribution >= 0.6 is 0 Å². The lowest BCUT2D eigenvalue weighted by Gasteiger charge is -2.33. The molecule has 1 heterocycles. The highest BCUT2D eigenvalue weighted by Gasteiger charge is 2.43. The number of esters is 1. The summed E-state index contributed by atoms with van der Waals surface area (Å²) in [7, 11) is 1.34. The zero-order valence-electron chi connectivity index (χ0n) is 14.8. The van der Waals surface area contributed by atoms with Gasteiger partial charge in [0.15, 0.2) is 11.5 Å². The molecule has 0 spiro atoms. The third-order valence-corrected chi connectivity index (χ3v) is 4.47. The zero-order valence-corrected chi connectivity index (χ0v) is 14.8. The Morgan fingerprint density at radius 2 is 2.04 bits per heavy atom. The Morgan fingerprint density at radius 1 is 1.35 bits per heavy atom. The lowest BCUT2D eigenvalue weighted by molar-refractivity contribution is -0.142. The van der Waals surface area contributed by atoms with E-state index < -0.39 is 12.2 Å². The van der Waals surface area contributed by atoms with Gasteiger partial charge >= 0.3 is 12.6 Å². The summed E-state index contributed by atoms with van der Waals surface area (Å²) >= 11 is 0. The van der Waals surface area contributed by atoms with Gasteiger partial charge < -0.3 is 19.1 Å². The highest BCUT2D eigenvalue weighted by Crippen LogP contribution is 2.41. The van der Waals surface area contributed by atoms with Crippen molar-refractivity contribution in [2.75, 3.05) is 33.4 Å². The number of methoxy groups -OCH3 is 1. The van der Waals surface area contributed by atoms with Crippen LogP contribution in [0.3, 0.4) is 0 Å². The van der Waals surface area contributed by atoms with Gasteiger partial charge in [-0.15, -0.1) is 0 Å². The second-order valence-electron chi connectivity index (χ2n) is 5.97. The molecule has 8 heteroatoms. The van der Waals surface area contributed by atoms with Crippen molar-refractivity contribution in [1.82, 2.24) is 4.90 Å². The van der Waals surface area contributed by atoms with Crippen LogP contribution in [-0.2, 0) is 15.1 Å². The molecule has 6 nitrogen and oxygen atoms in total. The minimum Gasteiger partial charge on any atom is -0.490 e. The van der Waals surface area contributed by atoms with E-state index in [9.17, 15) is 13.6 Å². The number of nitrogens with zero attached hydrogens (tertiary/aromatic N) is 2. The van der Waals surface area contributed by atoms with Crippen LogP contribution in [0.15, 0.2) is 18.2 Å². The van der Waals surface area contributed by atoms with E-state index in [4.69, 9.17) is 11.3 Å². The minimum atomic E-state index is -2.95. The predicted molar refractivity (Wildman–Crippen MR) is 90.2 cm³/mol. The van der Waals surface area contributed by atoms with Gasteiger partial charge in [0.2, 0.25) is 0 Å². The van der Waals surface area contributed by atoms with Crippen LogP contribution < -0.4 is 9.47 Å². The maximum atomic E-state index is 12.5. The van der Waals surface area contributed by atoms with Crippen LogP contribution in [0.5, 0.6) is 11.5 Å². The van der Waals surface area contributed by atoms with Crippen molar-refractivity contribution in [2.24, 2.45) is 0 Å². The average molecular weight is 368 g/mol. The molecule has 1 aromatic rings. The molecule has 0 unspecified atom stereocenters. The number of halogens is 2. The van der Waals surface area contributed by atoms with Gasteiger partial charge in [0.1, 0.15) is 0 Å². The van der Waals surface area contributed by atoms with Crippen molar-refractivity contribution in [1.29, 1.82) is 0 Å². The first-order valence-corrected chi connectivity index (χ1v) is 8.34. The Balaban J connectivity index is 2.21. The molecule has 0 atom stereocenters. The van der Waals surface area contributed by atoms with E-state index in [2.05, 4.69) is 14.3 Å². The molecule has 1 fully saturated rings. The average Bonchev–Trinajstić information content (AvgIpc) is 2.63. The SMILES string of the molecule is [C-]#[N+]C1(c2ccc(OC(F)F)c(OCC)c2)CCN(CC(=O)OC)CC1. The number of alkyl halides is 2. The first-order chi connectivity index (χ1) is 12.4. The molecule has 1 saturated heterocycles. The molecule has 1 aliphatic heterocycles. The van der Waals surface area contributed by atoms with Crippen molar-refractivity contribution in [3.63, 3.8) is 0 Å². The summed E-state index contributed by atoms with van der Waals surface area (Å²) in [4.78, 5) is 17.2. The second-order valence-corrected chi connectivity index (χ2v) is 5.97. The highest BCUT2D eigenvalue weighted by atomic mass is 19.3. The summed E-state index contributed by atoms with van der Waals surface area (Å²) in [6.45, 7) is 8.10. The number of hydrogen-bond donors (Lipinski definition) is 0. The highest BCUT2D eigenvalue weighted by molar-refractivity contribution is 5.71. The van der Waals surface area contributed by atoms with Crippen molar-refractivity contribution >= 4 is 5.97 Å². The Kier molecular flexibility index (Phi) is 6.75. The summed E-state index contributed by atoms with van der Waals surface area (Å²) in [5, 5.41) is 0. The number of rotatable bonds is 7. The summed E-state index contributed by atoms with van der Waals surface area (Å²) in [5.41, 5.74) is -0.0720. The van der Waals surface area contributed by atoms with Crippen LogP contribution in [0.2, 0.25) is 0 Å². The lowest BCUT2D eigenvalue weighted by atomic mass is 9.81. The van der Waals surface area contributed by atoms with E-state index in [-0.39, 0.29) is 24.0 Å². The fourth-order valence-electron chi connectivity index (χ4n) is 3.05. The summed E-state index contributed by atoms with van der Waals surface area (Å²) in [5.74, 6) is -0.161. The number of carbonyl (C=O) groups excluding carboxylic acids is 1. The Morgan fingerprint density at radius 3 is 2.58 bits per heavy atom. The summed E-state index contributed by atoms with van der Waals surface area (Å²) < 4.78 is 39.7. The quantitative estimate of drug-likeness (QED) is 0.547. The number of piperidine rings is 1. The number of carbonyl (C=O) groups is 1. The molecule has 0 amide bonds. The third kappa shape index (κ3) is 4.61. The van der Waals surface area contributed by atoms with Gasteiger partial charge in [0.05, 0.1) is 20.3 Å². The molecule has 142 valence electrons. The van der Waals surface area contributed by atoms with Gasteiger partial charge in [0.25, 0.3) is 5.54 Å². The van der Waals surface area contributed by atoms with Gasteiger partial charge in [-0.05, 0) is 25.1 Å². The van der Waals surface area contributed by atoms with Crippen LogP contribution in [0.4, 0.5) is 8.78 Å². The van der Waals surface area contributed by atoms with Crippen LogP contribution in [-0.4, -0.2) is 50.8 Å². The molecule has 0 N–H and O–H groups in total. The molecular weight excluding hydrogens is 346 g/mol. The van der Waals surface area contributed by atoms with E-state index in [0.29, 0.717) is 38.1 Å². The molecule has 26 heavy (non-hydrogen) atoms. The van der Waals surface area contributed by atoms with E-state index in [1.807, 2.05) is 4.90 Å². The van der Waals surface area contributed by atoms with E-state index >= 15 is 0 Å². The molecule has 1 aliphatic rings. The second kappa shape index (κ2) is 8.81. The first-order valence-electron chi connectivity index (χ1n) is 8.34. The van der Waals surface area contributed by atoms with Gasteiger partial charge in [-0.3, -0.25) is 9.69 Å². The van der Waals surface area contributed by atoms with Gasteiger partial charge in [-0.1, -0.05) is 0 Å². The third-order valence-electron chi connectivity index (χ3n) is 4.47. The molecule has 2 rings (SSSR count). The minimum absolute atomic E-state index is 0.0474. The standard InChI is InChI=1S/C18H22F2N2O4/c1-4-25-15-11-13(5-6-14(15)26-17(19)20)18(21-2)7-9-22(10-8-18)12-16(23)24-3/h5-6,11,17H,4,7-10,12H2,1,3H3. The molecule has 1 aromatic carbocycles. The number of likely N-dealkylation sites (tertiary alicyclic amines) is 1. The Labute approximate surface area is 151 Å². The van der Waals surface area contributed by atoms with Gasteiger partial charge in [-0.25, -0.2) is 6.57 Å². The first kappa shape index (κ1) is 19.9. The van der Waals surface area contributed by atoms with E-state index in [1.165, 1.54) is 13.2 Å². The summed E-state index contributed by atoms with van der Waals surface area (Å²) in [6, 6.07) is 4.66. The fourth-order valence-corrected chi connectivity index (χ4v) is 3.05. The van der Waals surface area contributed by atoms with Crippen LogP contribution in [0.25, 0.3) is 4.85 Å². The van der Waals surface area contributed by atoms with Gasteiger partial charge in [0, 0.05) is 31.5 Å². The molecular formula is C18H22F2N2O4. The zero-order chi connectivity index (χ0) is 19.2. The number of hydrogen-bond acceptors (Lipinski definition) is 5. The van der Waals surface area contributed by atoms with Crippen molar-refractivity contribution in [3.05, 3.63) is 35.2 Å². The monoisotopic (exact) mass is 368 g/mol. The fraction of sp³-hybridized carbons (Fsp3) is 0.556. The Bertz CT molecular complexity index is 668. The van der Waals surface area contributed by atoms with Gasteiger partial charge in [-0.2, -0.15) is 8.78 Å². The molecule has 0 aliphatic carbocycles. The number of benzene rings is 1. The smallest absolute Gasteiger partial charge is 0.387 e. The number of ether oxygens (including phenoxy) is 3. The largest absolute Gasteiger partial charge is 0.490 e. The molecule has 0 radical (unpaired) electrons. The van der Waals surface area contributed by atoms with Crippen LogP contribution in [0, 0.1) is 6.57 Å². The molecule has 0 saturated carbocycles. The summed E-state index contributed by atoms with van der Waals surface area (Å²) in [6.07, 6.45) is 1.04. The van der Waals surface area contributed by atoms with E-state index in [0.717, 1.165) is 0 Å². The maximum Gasteiger partial charge on any atom is 0.387 e. The Hall–Kier alpha value is -2.40. The normalized spacial score (nSPS) is 16.8. The lowest BCUT2D eigenvalue weighted by Crippen LogP contribution is -2.43. The topological polar surface area (TPSA) is 52.4 Å². The molecule has 0 bridgehead atoms. The maximum absolute atomic E-state index is 12.5. The molecule has 0 aromatic heterocycles. The van der Waals surface area contributed by atoms with Crippen molar-refractivity contribution in [3.8, 4) is 11.5 Å². The van der Waals surface area contributed by atoms with Crippen LogP contribution in [0.1, 0.15) is 25.3 Å². The van der Waals surface area contributed by atoms with Crippen molar-refractivity contribution in [2.45, 2.75) is 31.9 Å². The van der Waals surface area contributed by atoms with Crippen molar-refractivity contribution < 1.29 is 27.8 Å². The van der Waals surface area contributed by atoms with E-state index in [1.54, 1.807) is 19.1 Å². The predicted octanol–water partition coefficient (Wildman–Crippen LogP) is 3.07.